The first-order valence-corrected chi connectivity index (χ1v) is 9.59. The van der Waals surface area contributed by atoms with Crippen molar-refractivity contribution in [1.82, 2.24) is 0 Å². The normalized spacial score (nSPS) is 12.4. The molecule has 110 valence electrons. The molecule has 3 aromatic carbocycles. The van der Waals surface area contributed by atoms with Crippen LogP contribution in [0.15, 0.2) is 90.5 Å². The minimum Gasteiger partial charge on any atom is -0.0696 e. The van der Waals surface area contributed by atoms with E-state index in [0.29, 0.717) is 0 Å². The number of fused-ring (bicyclic) bond motifs is 1. The molecule has 0 spiro atoms. The summed E-state index contributed by atoms with van der Waals surface area (Å²) in [6.07, 6.45) is 3.41. The first kappa shape index (κ1) is 14.1. The van der Waals surface area contributed by atoms with E-state index in [4.69, 9.17) is 0 Å². The molecule has 0 nitrogen and oxygen atoms in total. The molecule has 0 N–H and O–H groups in total. The quantitative estimate of drug-likeness (QED) is 0.651. The zero-order valence-corrected chi connectivity index (χ0v) is 13.9. The van der Waals surface area contributed by atoms with Crippen LogP contribution in [0, 0.1) is 0 Å². The molecule has 0 heterocycles. The molecule has 0 saturated heterocycles. The van der Waals surface area contributed by atoms with Gasteiger partial charge in [0.15, 0.2) is 0 Å². The Bertz CT molecular complexity index is 833. The van der Waals surface area contributed by atoms with Gasteiger partial charge in [-0.05, 0) is 33.5 Å². The van der Waals surface area contributed by atoms with E-state index >= 15 is 0 Å². The van der Waals surface area contributed by atoms with Gasteiger partial charge < -0.3 is 0 Å². The Balaban J connectivity index is 1.78. The second kappa shape index (κ2) is 6.31. The lowest BCUT2D eigenvalue weighted by molar-refractivity contribution is 1.28. The van der Waals surface area contributed by atoms with Gasteiger partial charge in [0.05, 0.1) is 8.41 Å². The molecule has 0 unspecified atom stereocenters. The third-order valence-corrected chi connectivity index (χ3v) is 6.86. The van der Waals surface area contributed by atoms with E-state index in [0.717, 1.165) is 6.42 Å². The SMILES string of the molecule is C1=C(C=[Si](c2ccccc2)c2ccccc2)Cc2ccccc21. The molecule has 0 bridgehead atoms. The molecule has 4 rings (SSSR count). The highest BCUT2D eigenvalue weighted by Crippen LogP contribution is 2.23. The van der Waals surface area contributed by atoms with Crippen LogP contribution >= 0.6 is 0 Å². The Labute approximate surface area is 139 Å². The van der Waals surface area contributed by atoms with Gasteiger partial charge in [0, 0.05) is 0 Å². The van der Waals surface area contributed by atoms with Crippen LogP contribution in [-0.2, 0) is 6.42 Å². The van der Waals surface area contributed by atoms with Crippen LogP contribution < -0.4 is 10.4 Å². The summed E-state index contributed by atoms with van der Waals surface area (Å²) in [7, 11) is -0.893. The minimum atomic E-state index is -0.893. The summed E-state index contributed by atoms with van der Waals surface area (Å²) in [5.41, 5.74) is 6.80. The summed E-state index contributed by atoms with van der Waals surface area (Å²) in [4.78, 5) is 0. The molecular formula is C22H18Si. The second-order valence-electron chi connectivity index (χ2n) is 5.88. The first-order valence-electron chi connectivity index (χ1n) is 8.01. The van der Waals surface area contributed by atoms with Crippen LogP contribution in [0.1, 0.15) is 11.1 Å². The van der Waals surface area contributed by atoms with Crippen LogP contribution in [0.2, 0.25) is 0 Å². The van der Waals surface area contributed by atoms with E-state index in [2.05, 4.69) is 96.7 Å². The van der Waals surface area contributed by atoms with Crippen molar-refractivity contribution in [3.8, 4) is 0 Å². The van der Waals surface area contributed by atoms with E-state index in [1.165, 1.54) is 27.1 Å². The molecule has 0 aliphatic heterocycles. The Hall–Kier alpha value is -2.51. The highest BCUT2D eigenvalue weighted by atomic mass is 28.2. The van der Waals surface area contributed by atoms with E-state index < -0.39 is 8.41 Å². The smallest absolute Gasteiger partial charge is 0.0696 e. The monoisotopic (exact) mass is 310 g/mol. The number of hydrogen-bond donors (Lipinski definition) is 0. The van der Waals surface area contributed by atoms with Crippen molar-refractivity contribution in [2.75, 3.05) is 0 Å². The molecular weight excluding hydrogens is 292 g/mol. The third-order valence-electron chi connectivity index (χ3n) is 4.29. The minimum absolute atomic E-state index is 0.893. The van der Waals surface area contributed by atoms with Crippen molar-refractivity contribution in [3.63, 3.8) is 0 Å². The van der Waals surface area contributed by atoms with Gasteiger partial charge in [-0.15, -0.1) is 0 Å². The van der Waals surface area contributed by atoms with E-state index in [1.807, 2.05) is 0 Å². The standard InChI is InChI=1S/C22H18Si/c1-3-11-21(12-4-1)23(22-13-5-2-6-14-22)17-18-15-19-9-7-8-10-20(19)16-18/h1-15,17H,16H2. The van der Waals surface area contributed by atoms with Crippen molar-refractivity contribution in [2.24, 2.45) is 0 Å². The molecule has 0 amide bonds. The second-order valence-corrected chi connectivity index (χ2v) is 8.16. The number of rotatable bonds is 3. The summed E-state index contributed by atoms with van der Waals surface area (Å²) in [6, 6.07) is 30.6. The van der Waals surface area contributed by atoms with Crippen LogP contribution in [-0.4, -0.2) is 14.1 Å². The zero-order valence-electron chi connectivity index (χ0n) is 12.9. The number of hydrogen-bond acceptors (Lipinski definition) is 0. The van der Waals surface area contributed by atoms with E-state index in [9.17, 15) is 0 Å². The van der Waals surface area contributed by atoms with Crippen molar-refractivity contribution in [3.05, 3.63) is 102 Å². The maximum absolute atomic E-state index is 2.52. The summed E-state index contributed by atoms with van der Waals surface area (Å²) < 4.78 is 0. The van der Waals surface area contributed by atoms with E-state index in [-0.39, 0.29) is 0 Å². The van der Waals surface area contributed by atoms with Crippen LogP contribution in [0.5, 0.6) is 0 Å². The zero-order chi connectivity index (χ0) is 15.5. The molecule has 0 fully saturated rings. The van der Waals surface area contributed by atoms with Crippen LogP contribution in [0.25, 0.3) is 6.08 Å². The lowest BCUT2D eigenvalue weighted by atomic mass is 10.1. The predicted molar refractivity (Wildman–Crippen MR) is 102 cm³/mol. The fraction of sp³-hybridized carbons (Fsp3) is 0.0455. The van der Waals surface area contributed by atoms with Crippen LogP contribution in [0.4, 0.5) is 0 Å². The van der Waals surface area contributed by atoms with Gasteiger partial charge in [-0.1, -0.05) is 96.7 Å². The molecule has 0 aromatic heterocycles. The first-order chi connectivity index (χ1) is 11.4. The van der Waals surface area contributed by atoms with Gasteiger partial charge in [0.2, 0.25) is 0 Å². The van der Waals surface area contributed by atoms with Crippen molar-refractivity contribution in [1.29, 1.82) is 0 Å². The van der Waals surface area contributed by atoms with Gasteiger partial charge in [-0.3, -0.25) is 0 Å². The summed E-state index contributed by atoms with van der Waals surface area (Å²) in [5, 5.41) is 2.89. The molecule has 3 aromatic rings. The number of allylic oxidation sites excluding steroid dienone is 1. The molecule has 23 heavy (non-hydrogen) atoms. The van der Waals surface area contributed by atoms with Crippen LogP contribution in [0.3, 0.4) is 0 Å². The van der Waals surface area contributed by atoms with Gasteiger partial charge in [-0.25, -0.2) is 0 Å². The summed E-state index contributed by atoms with van der Waals surface area (Å²) in [5.74, 6) is 0. The third kappa shape index (κ3) is 3.01. The fourth-order valence-electron chi connectivity index (χ4n) is 3.15. The summed E-state index contributed by atoms with van der Waals surface area (Å²) >= 11 is 0. The van der Waals surface area contributed by atoms with Crippen molar-refractivity contribution < 1.29 is 0 Å². The average molecular weight is 310 g/mol. The lowest BCUT2D eigenvalue weighted by Crippen LogP contribution is -2.36. The average Bonchev–Trinajstić information content (AvgIpc) is 3.04. The molecule has 1 heteroatoms. The molecule has 0 atom stereocenters. The largest absolute Gasteiger partial charge is 0.0803 e. The van der Waals surface area contributed by atoms with Crippen molar-refractivity contribution in [2.45, 2.75) is 6.42 Å². The highest BCUT2D eigenvalue weighted by Gasteiger charge is 2.12. The topological polar surface area (TPSA) is 0 Å². The van der Waals surface area contributed by atoms with Crippen molar-refractivity contribution >= 4 is 30.5 Å². The van der Waals surface area contributed by atoms with Gasteiger partial charge in [0.1, 0.15) is 0 Å². The lowest BCUT2D eigenvalue weighted by Gasteiger charge is -2.08. The molecule has 1 aliphatic carbocycles. The highest BCUT2D eigenvalue weighted by molar-refractivity contribution is 6.90. The predicted octanol–water partition coefficient (Wildman–Crippen LogP) is 3.32. The Kier molecular flexibility index (Phi) is 3.87. The Morgan fingerprint density at radius 3 is 1.83 bits per heavy atom. The molecule has 1 aliphatic rings. The summed E-state index contributed by atoms with van der Waals surface area (Å²) in [6.45, 7) is 0. The Morgan fingerprint density at radius 1 is 0.652 bits per heavy atom. The Morgan fingerprint density at radius 2 is 1.22 bits per heavy atom. The molecule has 0 saturated carbocycles. The van der Waals surface area contributed by atoms with Gasteiger partial charge >= 0.3 is 0 Å². The fourth-order valence-corrected chi connectivity index (χ4v) is 5.48. The molecule has 0 radical (unpaired) electrons. The maximum Gasteiger partial charge on any atom is 0.0803 e. The van der Waals surface area contributed by atoms with Gasteiger partial charge in [-0.2, -0.15) is 0 Å². The van der Waals surface area contributed by atoms with Gasteiger partial charge in [0.25, 0.3) is 0 Å². The van der Waals surface area contributed by atoms with E-state index in [1.54, 1.807) is 0 Å². The number of benzene rings is 3. The maximum atomic E-state index is 2.52.